The molecule has 18 heavy (non-hydrogen) atoms. The molecule has 3 aliphatic carbocycles. The minimum Gasteiger partial charge on any atom is -0.310 e. The highest BCUT2D eigenvalue weighted by Gasteiger charge is 2.53. The van der Waals surface area contributed by atoms with E-state index in [1.165, 1.54) is 37.7 Å². The Labute approximate surface area is 110 Å². The van der Waals surface area contributed by atoms with E-state index < -0.39 is 0 Å². The van der Waals surface area contributed by atoms with Gasteiger partial charge in [0.15, 0.2) is 0 Å². The molecule has 3 saturated carbocycles. The van der Waals surface area contributed by atoms with E-state index in [1.807, 2.05) is 0 Å². The molecule has 1 aromatic carbocycles. The van der Waals surface area contributed by atoms with Crippen LogP contribution in [0, 0.1) is 23.7 Å². The van der Waals surface area contributed by atoms with Crippen LogP contribution in [0.25, 0.3) is 0 Å². The Bertz CT molecular complexity index is 413. The van der Waals surface area contributed by atoms with Gasteiger partial charge in [0.05, 0.1) is 0 Å². The Hall–Kier alpha value is -0.820. The molecule has 1 aromatic rings. The smallest absolute Gasteiger partial charge is 0.0208 e. The third-order valence-corrected chi connectivity index (χ3v) is 5.84. The van der Waals surface area contributed by atoms with Gasteiger partial charge in [-0.2, -0.15) is 0 Å². The summed E-state index contributed by atoms with van der Waals surface area (Å²) in [6.45, 7) is 1.06. The van der Waals surface area contributed by atoms with Gasteiger partial charge in [-0.25, -0.2) is 0 Å². The molecule has 3 aliphatic rings. The Morgan fingerprint density at radius 3 is 2.67 bits per heavy atom. The van der Waals surface area contributed by atoms with Gasteiger partial charge in [-0.1, -0.05) is 36.8 Å². The lowest BCUT2D eigenvalue weighted by Gasteiger charge is -2.32. The monoisotopic (exact) mass is 241 g/mol. The molecule has 1 N–H and O–H groups in total. The highest BCUT2D eigenvalue weighted by Crippen LogP contribution is 2.58. The van der Waals surface area contributed by atoms with Crippen LogP contribution in [0.15, 0.2) is 30.3 Å². The van der Waals surface area contributed by atoms with Crippen molar-refractivity contribution in [2.45, 2.75) is 44.7 Å². The van der Waals surface area contributed by atoms with Gasteiger partial charge in [-0.05, 0) is 54.9 Å². The zero-order valence-corrected chi connectivity index (χ0v) is 11.0. The summed E-state index contributed by atoms with van der Waals surface area (Å²) in [6, 6.07) is 11.7. The molecule has 2 bridgehead atoms. The van der Waals surface area contributed by atoms with Gasteiger partial charge >= 0.3 is 0 Å². The molecule has 0 radical (unpaired) electrons. The van der Waals surface area contributed by atoms with Crippen molar-refractivity contribution in [3.05, 3.63) is 35.9 Å². The number of hydrogen-bond acceptors (Lipinski definition) is 1. The molecule has 0 unspecified atom stereocenters. The van der Waals surface area contributed by atoms with Crippen LogP contribution in [-0.2, 0) is 6.54 Å². The summed E-state index contributed by atoms with van der Waals surface area (Å²) >= 11 is 0. The van der Waals surface area contributed by atoms with Crippen molar-refractivity contribution in [2.24, 2.45) is 23.7 Å². The zero-order chi connectivity index (χ0) is 11.9. The molecule has 1 nitrogen and oxygen atoms in total. The number of fused-ring (bicyclic) bond motifs is 5. The summed E-state index contributed by atoms with van der Waals surface area (Å²) < 4.78 is 0. The van der Waals surface area contributed by atoms with Gasteiger partial charge < -0.3 is 5.32 Å². The minimum atomic E-state index is 0.814. The quantitative estimate of drug-likeness (QED) is 0.852. The SMILES string of the molecule is c1ccc(CN[C@@H]2C[C@H]3C[C@H]2[C@@H]2CCC[C@@H]32)cc1. The van der Waals surface area contributed by atoms with E-state index in [0.717, 1.165) is 36.3 Å². The molecule has 0 aliphatic heterocycles. The summed E-state index contributed by atoms with van der Waals surface area (Å²) in [7, 11) is 0. The van der Waals surface area contributed by atoms with Crippen molar-refractivity contribution in [3.8, 4) is 0 Å². The first kappa shape index (κ1) is 11.0. The molecule has 3 fully saturated rings. The van der Waals surface area contributed by atoms with Crippen molar-refractivity contribution in [1.82, 2.24) is 5.32 Å². The molecular formula is C17H23N. The molecule has 4 rings (SSSR count). The average molecular weight is 241 g/mol. The standard InChI is InChI=1S/C17H23N/c1-2-5-12(6-3-1)11-18-17-10-13-9-16(17)15-8-4-7-14(13)15/h1-3,5-6,13-18H,4,7-11H2/t13-,14+,15-,16+,17-/m1/s1. The van der Waals surface area contributed by atoms with Crippen LogP contribution in [-0.4, -0.2) is 6.04 Å². The highest BCUT2D eigenvalue weighted by molar-refractivity contribution is 5.15. The van der Waals surface area contributed by atoms with E-state index in [4.69, 9.17) is 0 Å². The lowest BCUT2D eigenvalue weighted by atomic mass is 9.79. The predicted molar refractivity (Wildman–Crippen MR) is 74.1 cm³/mol. The van der Waals surface area contributed by atoms with Crippen molar-refractivity contribution in [3.63, 3.8) is 0 Å². The van der Waals surface area contributed by atoms with Crippen LogP contribution in [0.5, 0.6) is 0 Å². The molecule has 96 valence electrons. The second kappa shape index (κ2) is 4.38. The third kappa shape index (κ3) is 1.72. The van der Waals surface area contributed by atoms with Crippen LogP contribution >= 0.6 is 0 Å². The van der Waals surface area contributed by atoms with Gasteiger partial charge in [-0.3, -0.25) is 0 Å². The van der Waals surface area contributed by atoms with E-state index in [1.54, 1.807) is 0 Å². The van der Waals surface area contributed by atoms with Crippen LogP contribution in [0.1, 0.15) is 37.7 Å². The number of hydrogen-bond donors (Lipinski definition) is 1. The first-order valence-electron chi connectivity index (χ1n) is 7.69. The number of nitrogens with one attached hydrogen (secondary N) is 1. The second-order valence-corrected chi connectivity index (χ2v) is 6.63. The molecule has 5 atom stereocenters. The first-order valence-corrected chi connectivity index (χ1v) is 7.69. The van der Waals surface area contributed by atoms with E-state index in [0.29, 0.717) is 0 Å². The van der Waals surface area contributed by atoms with E-state index in [-0.39, 0.29) is 0 Å². The maximum absolute atomic E-state index is 3.84. The van der Waals surface area contributed by atoms with Crippen LogP contribution in [0.2, 0.25) is 0 Å². The molecule has 0 amide bonds. The lowest BCUT2D eigenvalue weighted by Crippen LogP contribution is -2.38. The van der Waals surface area contributed by atoms with Gasteiger partial charge in [0.25, 0.3) is 0 Å². The minimum absolute atomic E-state index is 0.814. The number of benzene rings is 1. The summed E-state index contributed by atoms with van der Waals surface area (Å²) in [5.41, 5.74) is 1.43. The van der Waals surface area contributed by atoms with Crippen LogP contribution < -0.4 is 5.32 Å². The van der Waals surface area contributed by atoms with Crippen LogP contribution in [0.3, 0.4) is 0 Å². The summed E-state index contributed by atoms with van der Waals surface area (Å²) in [5.74, 6) is 4.27. The van der Waals surface area contributed by atoms with Gasteiger partial charge in [0.1, 0.15) is 0 Å². The van der Waals surface area contributed by atoms with E-state index in [2.05, 4.69) is 35.6 Å². The molecule has 0 aromatic heterocycles. The Morgan fingerprint density at radius 1 is 0.944 bits per heavy atom. The van der Waals surface area contributed by atoms with Gasteiger partial charge in [0.2, 0.25) is 0 Å². The molecule has 1 heteroatoms. The van der Waals surface area contributed by atoms with Crippen molar-refractivity contribution >= 4 is 0 Å². The van der Waals surface area contributed by atoms with Gasteiger partial charge in [0, 0.05) is 12.6 Å². The third-order valence-electron chi connectivity index (χ3n) is 5.84. The fourth-order valence-corrected chi connectivity index (χ4v) is 5.15. The summed E-state index contributed by atoms with van der Waals surface area (Å²) in [4.78, 5) is 0. The second-order valence-electron chi connectivity index (χ2n) is 6.63. The van der Waals surface area contributed by atoms with Crippen LogP contribution in [0.4, 0.5) is 0 Å². The topological polar surface area (TPSA) is 12.0 Å². The largest absolute Gasteiger partial charge is 0.310 e. The summed E-state index contributed by atoms with van der Waals surface area (Å²) in [5, 5.41) is 3.84. The maximum Gasteiger partial charge on any atom is 0.0208 e. The van der Waals surface area contributed by atoms with Crippen molar-refractivity contribution < 1.29 is 0 Å². The Kier molecular flexibility index (Phi) is 2.69. The molecule has 0 spiro atoms. The number of rotatable bonds is 3. The lowest BCUT2D eigenvalue weighted by molar-refractivity contribution is 0.208. The molecular weight excluding hydrogens is 218 g/mol. The summed E-state index contributed by atoms with van der Waals surface area (Å²) in [6.07, 6.45) is 7.56. The van der Waals surface area contributed by atoms with Crippen molar-refractivity contribution in [1.29, 1.82) is 0 Å². The fourth-order valence-electron chi connectivity index (χ4n) is 5.15. The first-order chi connectivity index (χ1) is 8.92. The molecule has 0 saturated heterocycles. The fraction of sp³-hybridized carbons (Fsp3) is 0.647. The van der Waals surface area contributed by atoms with E-state index >= 15 is 0 Å². The predicted octanol–water partition coefficient (Wildman–Crippen LogP) is 3.60. The Morgan fingerprint density at radius 2 is 1.78 bits per heavy atom. The zero-order valence-electron chi connectivity index (χ0n) is 11.0. The Balaban J connectivity index is 1.40. The molecule has 0 heterocycles. The highest BCUT2D eigenvalue weighted by atomic mass is 14.9. The normalized spacial score (nSPS) is 41.2. The van der Waals surface area contributed by atoms with Gasteiger partial charge in [-0.15, -0.1) is 0 Å². The van der Waals surface area contributed by atoms with E-state index in [9.17, 15) is 0 Å². The van der Waals surface area contributed by atoms with Crippen molar-refractivity contribution in [2.75, 3.05) is 0 Å². The average Bonchev–Trinajstić information content (AvgIpc) is 3.09. The maximum atomic E-state index is 3.84.